The lowest BCUT2D eigenvalue weighted by atomic mass is 10.00. The fourth-order valence-corrected chi connectivity index (χ4v) is 1.66. The molecule has 0 aromatic heterocycles. The Morgan fingerprint density at radius 2 is 2.23 bits per heavy atom. The predicted molar refractivity (Wildman–Crippen MR) is 55.8 cm³/mol. The first-order chi connectivity index (χ1) is 6.18. The lowest BCUT2D eigenvalue weighted by Gasteiger charge is -2.09. The van der Waals surface area contributed by atoms with E-state index in [1.54, 1.807) is 0 Å². The highest BCUT2D eigenvalue weighted by atomic mass is 79.9. The number of rotatable bonds is 4. The molecular formula is C10H13BrO2. The fraction of sp³-hybridized carbons (Fsp3) is 0.500. The summed E-state index contributed by atoms with van der Waals surface area (Å²) in [6, 6.07) is 0. The molecule has 0 aromatic rings. The highest BCUT2D eigenvalue weighted by molar-refractivity contribution is 9.11. The second-order valence-electron chi connectivity index (χ2n) is 3.19. The summed E-state index contributed by atoms with van der Waals surface area (Å²) in [7, 11) is 0. The molecule has 13 heavy (non-hydrogen) atoms. The monoisotopic (exact) mass is 244 g/mol. The van der Waals surface area contributed by atoms with Gasteiger partial charge in [-0.15, -0.1) is 0 Å². The van der Waals surface area contributed by atoms with E-state index in [-0.39, 0.29) is 6.42 Å². The van der Waals surface area contributed by atoms with Crippen LogP contribution in [0, 0.1) is 0 Å². The fourth-order valence-electron chi connectivity index (χ4n) is 1.33. The van der Waals surface area contributed by atoms with E-state index in [1.165, 1.54) is 10.1 Å². The van der Waals surface area contributed by atoms with Gasteiger partial charge in [-0.25, -0.2) is 0 Å². The molecule has 0 saturated carbocycles. The Labute approximate surface area is 86.5 Å². The van der Waals surface area contributed by atoms with Gasteiger partial charge in [0.2, 0.25) is 0 Å². The average molecular weight is 245 g/mol. The van der Waals surface area contributed by atoms with E-state index >= 15 is 0 Å². The van der Waals surface area contributed by atoms with Gasteiger partial charge in [-0.3, -0.25) is 4.79 Å². The van der Waals surface area contributed by atoms with Crippen molar-refractivity contribution in [3.05, 3.63) is 22.2 Å². The van der Waals surface area contributed by atoms with Crippen molar-refractivity contribution in [2.45, 2.75) is 32.1 Å². The molecule has 0 aliphatic heterocycles. The molecule has 1 aliphatic rings. The largest absolute Gasteiger partial charge is 0.481 e. The Bertz CT molecular complexity index is 254. The lowest BCUT2D eigenvalue weighted by Crippen LogP contribution is -1.96. The molecule has 0 unspecified atom stereocenters. The molecule has 0 bridgehead atoms. The molecule has 0 atom stereocenters. The maximum Gasteiger partial charge on any atom is 0.303 e. The van der Waals surface area contributed by atoms with Crippen LogP contribution in [0.4, 0.5) is 0 Å². The predicted octanol–water partition coefficient (Wildman–Crippen LogP) is 3.24. The van der Waals surface area contributed by atoms with E-state index in [1.807, 2.05) is 0 Å². The average Bonchev–Trinajstić information content (AvgIpc) is 2.08. The van der Waals surface area contributed by atoms with E-state index in [0.29, 0.717) is 0 Å². The van der Waals surface area contributed by atoms with Crippen LogP contribution in [0.15, 0.2) is 22.2 Å². The summed E-state index contributed by atoms with van der Waals surface area (Å²) in [4.78, 5) is 10.3. The van der Waals surface area contributed by atoms with E-state index in [0.717, 1.165) is 25.7 Å². The van der Waals surface area contributed by atoms with Crippen LogP contribution >= 0.6 is 15.9 Å². The Morgan fingerprint density at radius 1 is 1.46 bits per heavy atom. The Kier molecular flexibility index (Phi) is 4.22. The summed E-state index contributed by atoms with van der Waals surface area (Å²) in [5.41, 5.74) is 1.37. The van der Waals surface area contributed by atoms with Crippen molar-refractivity contribution < 1.29 is 9.90 Å². The van der Waals surface area contributed by atoms with E-state index in [9.17, 15) is 4.79 Å². The maximum absolute atomic E-state index is 10.3. The van der Waals surface area contributed by atoms with Crippen molar-refractivity contribution in [3.8, 4) is 0 Å². The summed E-state index contributed by atoms with van der Waals surface area (Å²) in [6.45, 7) is 0. The van der Waals surface area contributed by atoms with Crippen LogP contribution in [0.25, 0.3) is 0 Å². The van der Waals surface area contributed by atoms with Crippen LogP contribution in [0.2, 0.25) is 0 Å². The van der Waals surface area contributed by atoms with E-state index in [2.05, 4.69) is 28.1 Å². The third-order valence-electron chi connectivity index (χ3n) is 2.07. The minimum Gasteiger partial charge on any atom is -0.481 e. The van der Waals surface area contributed by atoms with Gasteiger partial charge in [-0.05, 0) is 30.2 Å². The summed E-state index contributed by atoms with van der Waals surface area (Å²) in [6.07, 6.45) is 8.22. The van der Waals surface area contributed by atoms with Crippen LogP contribution in [0.3, 0.4) is 0 Å². The molecule has 1 aliphatic carbocycles. The molecule has 72 valence electrons. The molecule has 0 spiro atoms. The SMILES string of the molecule is O=C(O)CCCC1=CC=C(Br)CC1. The first-order valence-corrected chi connectivity index (χ1v) is 5.23. The van der Waals surface area contributed by atoms with Crippen molar-refractivity contribution >= 4 is 21.9 Å². The number of aliphatic carboxylic acids is 1. The van der Waals surface area contributed by atoms with Crippen LogP contribution in [-0.2, 0) is 4.79 Å². The third-order valence-corrected chi connectivity index (χ3v) is 2.73. The molecule has 0 fully saturated rings. The number of carboxylic acid groups (broad SMARTS) is 1. The Morgan fingerprint density at radius 3 is 2.77 bits per heavy atom. The summed E-state index contributed by atoms with van der Waals surface area (Å²) >= 11 is 3.43. The van der Waals surface area contributed by atoms with Crippen LogP contribution < -0.4 is 0 Å². The molecule has 0 aromatic carbocycles. The zero-order chi connectivity index (χ0) is 9.68. The normalized spacial score (nSPS) is 16.4. The van der Waals surface area contributed by atoms with Gasteiger partial charge in [-0.2, -0.15) is 0 Å². The minimum absolute atomic E-state index is 0.280. The first kappa shape index (κ1) is 10.5. The molecule has 1 N–H and O–H groups in total. The Balaban J connectivity index is 2.26. The molecule has 0 amide bonds. The number of hydrogen-bond acceptors (Lipinski definition) is 1. The zero-order valence-corrected chi connectivity index (χ0v) is 9.01. The van der Waals surface area contributed by atoms with E-state index in [4.69, 9.17) is 5.11 Å². The molecule has 1 rings (SSSR count). The lowest BCUT2D eigenvalue weighted by molar-refractivity contribution is -0.137. The number of hydrogen-bond donors (Lipinski definition) is 1. The molecule has 0 saturated heterocycles. The number of halogens is 1. The van der Waals surface area contributed by atoms with Crippen LogP contribution in [0.5, 0.6) is 0 Å². The van der Waals surface area contributed by atoms with Gasteiger partial charge < -0.3 is 5.11 Å². The second-order valence-corrected chi connectivity index (χ2v) is 4.20. The quantitative estimate of drug-likeness (QED) is 0.825. The van der Waals surface area contributed by atoms with Crippen molar-refractivity contribution in [1.82, 2.24) is 0 Å². The van der Waals surface area contributed by atoms with Crippen molar-refractivity contribution in [2.75, 3.05) is 0 Å². The van der Waals surface area contributed by atoms with Gasteiger partial charge in [0.15, 0.2) is 0 Å². The van der Waals surface area contributed by atoms with Crippen LogP contribution in [-0.4, -0.2) is 11.1 Å². The second kappa shape index (κ2) is 5.22. The van der Waals surface area contributed by atoms with E-state index < -0.39 is 5.97 Å². The molecule has 2 nitrogen and oxygen atoms in total. The highest BCUT2D eigenvalue weighted by Crippen LogP contribution is 2.25. The van der Waals surface area contributed by atoms with Crippen LogP contribution in [0.1, 0.15) is 32.1 Å². The molecular weight excluding hydrogens is 232 g/mol. The molecule has 3 heteroatoms. The number of carboxylic acids is 1. The third kappa shape index (κ3) is 4.27. The van der Waals surface area contributed by atoms with Gasteiger partial charge in [0.1, 0.15) is 0 Å². The smallest absolute Gasteiger partial charge is 0.303 e. The highest BCUT2D eigenvalue weighted by Gasteiger charge is 2.05. The standard InChI is InChI=1S/C10H13BrO2/c11-9-6-4-8(5-7-9)2-1-3-10(12)13/h4,6H,1-3,5,7H2,(H,12,13). The molecule has 0 radical (unpaired) electrons. The Hall–Kier alpha value is -0.570. The van der Waals surface area contributed by atoms with Gasteiger partial charge in [0.05, 0.1) is 0 Å². The van der Waals surface area contributed by atoms with Gasteiger partial charge in [0.25, 0.3) is 0 Å². The zero-order valence-electron chi connectivity index (χ0n) is 7.42. The minimum atomic E-state index is -0.701. The van der Waals surface area contributed by atoms with Crippen molar-refractivity contribution in [2.24, 2.45) is 0 Å². The number of allylic oxidation sites excluding steroid dienone is 4. The summed E-state index contributed by atoms with van der Waals surface area (Å²) in [5.74, 6) is -0.701. The summed E-state index contributed by atoms with van der Waals surface area (Å²) < 4.78 is 1.23. The topological polar surface area (TPSA) is 37.3 Å². The molecule has 0 heterocycles. The summed E-state index contributed by atoms with van der Waals surface area (Å²) in [5, 5.41) is 8.45. The van der Waals surface area contributed by atoms with Crippen molar-refractivity contribution in [1.29, 1.82) is 0 Å². The number of carbonyl (C=O) groups is 1. The van der Waals surface area contributed by atoms with Gasteiger partial charge in [0, 0.05) is 6.42 Å². The van der Waals surface area contributed by atoms with Gasteiger partial charge >= 0.3 is 5.97 Å². The van der Waals surface area contributed by atoms with Crippen molar-refractivity contribution in [3.63, 3.8) is 0 Å². The maximum atomic E-state index is 10.3. The first-order valence-electron chi connectivity index (χ1n) is 4.44. The van der Waals surface area contributed by atoms with Gasteiger partial charge in [-0.1, -0.05) is 33.7 Å².